The third kappa shape index (κ3) is 6.22. The number of nitrogens with one attached hydrogen (secondary N) is 2. The molecule has 174 valence electrons. The summed E-state index contributed by atoms with van der Waals surface area (Å²) in [4.78, 5) is 9.39. The van der Waals surface area contributed by atoms with Crippen molar-refractivity contribution in [3.63, 3.8) is 0 Å². The van der Waals surface area contributed by atoms with Gasteiger partial charge in [0, 0.05) is 26.1 Å². The van der Waals surface area contributed by atoms with Crippen molar-refractivity contribution in [2.24, 2.45) is 4.99 Å². The summed E-state index contributed by atoms with van der Waals surface area (Å²) in [6.45, 7) is 4.74. The van der Waals surface area contributed by atoms with E-state index in [1.165, 1.54) is 32.1 Å². The van der Waals surface area contributed by atoms with E-state index in [4.69, 9.17) is 14.5 Å². The van der Waals surface area contributed by atoms with E-state index in [1.54, 1.807) is 7.11 Å². The molecule has 0 bridgehead atoms. The number of benzene rings is 1. The molecule has 2 N–H and O–H groups in total. The van der Waals surface area contributed by atoms with E-state index in [0.717, 1.165) is 54.9 Å². The van der Waals surface area contributed by atoms with Crippen molar-refractivity contribution in [1.29, 1.82) is 0 Å². The van der Waals surface area contributed by atoms with Crippen molar-refractivity contribution in [1.82, 2.24) is 25.4 Å². The van der Waals surface area contributed by atoms with Gasteiger partial charge in [-0.1, -0.05) is 18.6 Å². The van der Waals surface area contributed by atoms with Gasteiger partial charge in [-0.3, -0.25) is 0 Å². The maximum Gasteiger partial charge on any atom is 0.191 e. The number of ether oxygens (including phenoxy) is 2. The number of hydrogen-bond acceptors (Lipinski definition) is 5. The Balaban J connectivity index is 1.35. The molecule has 0 amide bonds. The lowest BCUT2D eigenvalue weighted by molar-refractivity contribution is 0.155. The minimum atomic E-state index is 0.262. The van der Waals surface area contributed by atoms with Crippen LogP contribution in [0.15, 0.2) is 29.3 Å². The van der Waals surface area contributed by atoms with Gasteiger partial charge in [-0.2, -0.15) is 5.10 Å². The van der Waals surface area contributed by atoms with Gasteiger partial charge in [-0.15, -0.1) is 0 Å². The lowest BCUT2D eigenvalue weighted by atomic mass is 9.98. The summed E-state index contributed by atoms with van der Waals surface area (Å²) >= 11 is 0. The van der Waals surface area contributed by atoms with Crippen molar-refractivity contribution in [3.8, 4) is 5.75 Å². The molecule has 0 spiro atoms. The van der Waals surface area contributed by atoms with Gasteiger partial charge >= 0.3 is 0 Å². The molecule has 4 rings (SSSR count). The molecule has 1 aromatic carbocycles. The Hall–Kier alpha value is -2.61. The van der Waals surface area contributed by atoms with Crippen LogP contribution in [0, 0.1) is 0 Å². The van der Waals surface area contributed by atoms with Gasteiger partial charge < -0.3 is 20.1 Å². The Morgan fingerprint density at radius 3 is 2.91 bits per heavy atom. The van der Waals surface area contributed by atoms with Gasteiger partial charge in [0.1, 0.15) is 18.2 Å². The second-order valence-electron chi connectivity index (χ2n) is 8.66. The fourth-order valence-corrected chi connectivity index (χ4v) is 4.44. The number of rotatable bonds is 8. The first kappa shape index (κ1) is 22.6. The van der Waals surface area contributed by atoms with E-state index < -0.39 is 0 Å². The first-order chi connectivity index (χ1) is 15.7. The van der Waals surface area contributed by atoms with Crippen LogP contribution in [-0.2, 0) is 30.9 Å². The number of aliphatic imine (C=N–C) groups is 1. The number of aryl methyl sites for hydroxylation is 1. The monoisotopic (exact) mass is 440 g/mol. The number of guanidine groups is 1. The van der Waals surface area contributed by atoms with E-state index in [2.05, 4.69) is 51.9 Å². The Morgan fingerprint density at radius 1 is 1.22 bits per heavy atom. The van der Waals surface area contributed by atoms with E-state index in [9.17, 15) is 0 Å². The summed E-state index contributed by atoms with van der Waals surface area (Å²) < 4.78 is 13.4. The summed E-state index contributed by atoms with van der Waals surface area (Å²) in [6, 6.07) is 8.62. The molecule has 1 aliphatic heterocycles. The molecule has 1 atom stereocenters. The number of aromatic nitrogens is 3. The second-order valence-corrected chi connectivity index (χ2v) is 8.66. The largest absolute Gasteiger partial charge is 0.490 e. The highest BCUT2D eigenvalue weighted by Crippen LogP contribution is 2.24. The van der Waals surface area contributed by atoms with Gasteiger partial charge in [-0.25, -0.2) is 14.7 Å². The predicted octanol–water partition coefficient (Wildman–Crippen LogP) is 3.21. The molecule has 1 unspecified atom stereocenters. The number of nitrogens with zero attached hydrogens (tertiary/aromatic N) is 4. The SMILES string of the molecule is CCNC(=NCc1cccc(OC2CCCCC2)c1)NC1CCc2nc(COC)nn2C1. The minimum Gasteiger partial charge on any atom is -0.490 e. The molecular weight excluding hydrogens is 404 g/mol. The third-order valence-electron chi connectivity index (χ3n) is 6.03. The molecule has 0 saturated heterocycles. The van der Waals surface area contributed by atoms with E-state index in [-0.39, 0.29) is 6.04 Å². The Morgan fingerprint density at radius 2 is 2.09 bits per heavy atom. The number of methoxy groups -OCH3 is 1. The summed E-state index contributed by atoms with van der Waals surface area (Å²) in [5.41, 5.74) is 1.15. The first-order valence-corrected chi connectivity index (χ1v) is 12.0. The zero-order valence-electron chi connectivity index (χ0n) is 19.3. The summed E-state index contributed by atoms with van der Waals surface area (Å²) in [5.74, 6) is 3.57. The van der Waals surface area contributed by atoms with Crippen LogP contribution in [0.1, 0.15) is 62.7 Å². The normalized spacial score (nSPS) is 19.4. The Labute approximate surface area is 190 Å². The highest BCUT2D eigenvalue weighted by Gasteiger charge is 2.22. The van der Waals surface area contributed by atoms with Gasteiger partial charge in [0.05, 0.1) is 19.2 Å². The Bertz CT molecular complexity index is 890. The van der Waals surface area contributed by atoms with Crippen LogP contribution in [0.2, 0.25) is 0 Å². The number of hydrogen-bond donors (Lipinski definition) is 2. The van der Waals surface area contributed by atoms with Crippen LogP contribution in [0.3, 0.4) is 0 Å². The quantitative estimate of drug-likeness (QED) is 0.484. The average Bonchev–Trinajstić information content (AvgIpc) is 3.20. The van der Waals surface area contributed by atoms with Crippen LogP contribution in [-0.4, -0.2) is 46.5 Å². The highest BCUT2D eigenvalue weighted by atomic mass is 16.5. The topological polar surface area (TPSA) is 85.6 Å². The molecule has 2 aliphatic rings. The maximum atomic E-state index is 6.22. The summed E-state index contributed by atoms with van der Waals surface area (Å²) in [6.07, 6.45) is 8.47. The van der Waals surface area contributed by atoms with Crippen molar-refractivity contribution >= 4 is 5.96 Å². The molecule has 1 fully saturated rings. The molecule has 1 aromatic heterocycles. The summed E-state index contributed by atoms with van der Waals surface area (Å²) in [5, 5.41) is 11.5. The van der Waals surface area contributed by atoms with Crippen LogP contribution < -0.4 is 15.4 Å². The zero-order valence-corrected chi connectivity index (χ0v) is 19.3. The summed E-state index contributed by atoms with van der Waals surface area (Å²) in [7, 11) is 1.67. The van der Waals surface area contributed by atoms with Crippen molar-refractivity contribution in [3.05, 3.63) is 41.5 Å². The molecule has 2 aromatic rings. The highest BCUT2D eigenvalue weighted by molar-refractivity contribution is 5.80. The molecule has 2 heterocycles. The maximum absolute atomic E-state index is 6.22. The van der Waals surface area contributed by atoms with Gasteiger partial charge in [-0.05, 0) is 56.7 Å². The lowest BCUT2D eigenvalue weighted by Crippen LogP contribution is -2.47. The van der Waals surface area contributed by atoms with Crippen molar-refractivity contribution in [2.45, 2.75) is 83.7 Å². The third-order valence-corrected chi connectivity index (χ3v) is 6.03. The van der Waals surface area contributed by atoms with E-state index in [0.29, 0.717) is 19.3 Å². The first-order valence-electron chi connectivity index (χ1n) is 12.0. The lowest BCUT2D eigenvalue weighted by Gasteiger charge is -2.25. The minimum absolute atomic E-state index is 0.262. The van der Waals surface area contributed by atoms with Crippen LogP contribution >= 0.6 is 0 Å². The van der Waals surface area contributed by atoms with E-state index >= 15 is 0 Å². The average molecular weight is 441 g/mol. The zero-order chi connectivity index (χ0) is 22.2. The van der Waals surface area contributed by atoms with Crippen LogP contribution in [0.25, 0.3) is 0 Å². The molecule has 0 radical (unpaired) electrons. The molecular formula is C24H36N6O2. The van der Waals surface area contributed by atoms with Gasteiger partial charge in [0.25, 0.3) is 0 Å². The second kappa shape index (κ2) is 11.3. The van der Waals surface area contributed by atoms with Crippen LogP contribution in [0.5, 0.6) is 5.75 Å². The fraction of sp³-hybridized carbons (Fsp3) is 0.625. The number of fused-ring (bicyclic) bond motifs is 1. The Kier molecular flexibility index (Phi) is 7.98. The standard InChI is InChI=1S/C24H36N6O2/c1-3-25-24(27-19-12-13-23-28-22(17-31-2)29-30(23)16-19)26-15-18-8-7-11-21(14-18)32-20-9-5-4-6-10-20/h7-8,11,14,19-20H,3-6,9-10,12-13,15-17H2,1-2H3,(H2,25,26,27). The molecule has 1 aliphatic carbocycles. The van der Waals surface area contributed by atoms with Gasteiger partial charge in [0.15, 0.2) is 11.8 Å². The van der Waals surface area contributed by atoms with Crippen molar-refractivity contribution in [2.75, 3.05) is 13.7 Å². The molecule has 1 saturated carbocycles. The smallest absolute Gasteiger partial charge is 0.191 e. The molecule has 8 heteroatoms. The van der Waals surface area contributed by atoms with Crippen LogP contribution in [0.4, 0.5) is 0 Å². The van der Waals surface area contributed by atoms with Crippen molar-refractivity contribution < 1.29 is 9.47 Å². The van der Waals surface area contributed by atoms with Gasteiger partial charge in [0.2, 0.25) is 0 Å². The van der Waals surface area contributed by atoms with E-state index in [1.807, 2.05) is 4.68 Å². The molecule has 8 nitrogen and oxygen atoms in total. The fourth-order valence-electron chi connectivity index (χ4n) is 4.44. The predicted molar refractivity (Wildman–Crippen MR) is 125 cm³/mol. The molecule has 32 heavy (non-hydrogen) atoms.